The van der Waals surface area contributed by atoms with Crippen molar-refractivity contribution in [1.29, 1.82) is 5.41 Å². The van der Waals surface area contributed by atoms with Crippen molar-refractivity contribution in [3.8, 4) is 0 Å². The first-order valence-corrected chi connectivity index (χ1v) is 3.19. The molecule has 0 unspecified atom stereocenters. The predicted molar refractivity (Wildman–Crippen MR) is 43.3 cm³/mol. The van der Waals surface area contributed by atoms with E-state index in [9.17, 15) is 0 Å². The van der Waals surface area contributed by atoms with Gasteiger partial charge in [0, 0.05) is 13.0 Å². The molecule has 0 aromatic rings. The normalized spacial score (nSPS) is 11.4. The van der Waals surface area contributed by atoms with Crippen molar-refractivity contribution in [2.24, 2.45) is 10.9 Å². The molecular weight excluding hydrogens is 128 g/mol. The molecule has 58 valence electrons. The highest BCUT2D eigenvalue weighted by Gasteiger charge is 2.00. The Balaban J connectivity index is 3.73. The van der Waals surface area contributed by atoms with Gasteiger partial charge in [-0.15, -0.1) is 0 Å². The van der Waals surface area contributed by atoms with Crippen molar-refractivity contribution in [2.45, 2.75) is 13.8 Å². The van der Waals surface area contributed by atoms with Crippen LogP contribution in [0, 0.1) is 11.3 Å². The smallest absolute Gasteiger partial charge is 0.117 e. The van der Waals surface area contributed by atoms with Crippen LogP contribution in [0.5, 0.6) is 0 Å². The van der Waals surface area contributed by atoms with Gasteiger partial charge in [-0.3, -0.25) is 21.3 Å². The summed E-state index contributed by atoms with van der Waals surface area (Å²) in [7, 11) is 1.72. The van der Waals surface area contributed by atoms with Crippen molar-refractivity contribution in [2.75, 3.05) is 7.05 Å². The quantitative estimate of drug-likeness (QED) is 0.303. The summed E-state index contributed by atoms with van der Waals surface area (Å²) in [5.41, 5.74) is 5.32. The van der Waals surface area contributed by atoms with Gasteiger partial charge in [-0.1, -0.05) is 13.8 Å². The van der Waals surface area contributed by atoms with Crippen molar-refractivity contribution in [1.82, 2.24) is 10.9 Å². The predicted octanol–water partition coefficient (Wildman–Crippen LogP) is 0.372. The fourth-order valence-electron chi connectivity index (χ4n) is 0.568. The van der Waals surface area contributed by atoms with E-state index in [-0.39, 0.29) is 0 Å². The number of nitrogens with zero attached hydrogens (tertiary/aromatic N) is 1. The maximum atomic E-state index is 6.66. The summed E-state index contributed by atoms with van der Waals surface area (Å²) in [5.74, 6) is 1.21. The maximum absolute atomic E-state index is 6.66. The third-order valence-corrected chi connectivity index (χ3v) is 1.06. The Kier molecular flexibility index (Phi) is 4.28. The Morgan fingerprint density at radius 1 is 1.60 bits per heavy atom. The summed E-state index contributed by atoms with van der Waals surface area (Å²) in [6.45, 7) is 4.06. The van der Waals surface area contributed by atoms with Crippen LogP contribution < -0.4 is 10.9 Å². The summed E-state index contributed by atoms with van der Waals surface area (Å²) in [6.07, 6.45) is 1.08. The third kappa shape index (κ3) is 3.06. The maximum Gasteiger partial charge on any atom is 0.117 e. The van der Waals surface area contributed by atoms with E-state index in [1.54, 1.807) is 7.05 Å². The van der Waals surface area contributed by atoms with Gasteiger partial charge in [0.05, 0.1) is 6.34 Å². The number of hydrogen-bond donors (Lipinski definition) is 3. The standard InChI is InChI=1S/C6H14N4/c1-5(2)6(8-3)10-9-4-7/h4-5H,1-3H3,(H2,7,9)(H,8,10). The highest BCUT2D eigenvalue weighted by Crippen LogP contribution is 1.91. The van der Waals surface area contributed by atoms with E-state index in [0.29, 0.717) is 5.92 Å². The molecule has 0 aliphatic rings. The molecular formula is C6H14N4. The molecule has 0 aliphatic heterocycles. The second kappa shape index (κ2) is 4.78. The van der Waals surface area contributed by atoms with Gasteiger partial charge in [0.1, 0.15) is 5.84 Å². The van der Waals surface area contributed by atoms with Gasteiger partial charge in [-0.25, -0.2) is 0 Å². The number of nitrogens with one attached hydrogen (secondary N) is 3. The summed E-state index contributed by atoms with van der Waals surface area (Å²) in [4.78, 5) is 3.96. The van der Waals surface area contributed by atoms with Crippen LogP contribution >= 0.6 is 0 Å². The molecule has 0 atom stereocenters. The van der Waals surface area contributed by atoms with Crippen LogP contribution in [0.25, 0.3) is 0 Å². The number of amidine groups is 1. The van der Waals surface area contributed by atoms with Gasteiger partial charge in [0.15, 0.2) is 0 Å². The molecule has 0 aliphatic carbocycles. The molecule has 0 aromatic carbocycles. The molecule has 0 rings (SSSR count). The summed E-state index contributed by atoms with van der Waals surface area (Å²) in [5, 5.41) is 6.66. The molecule has 0 saturated heterocycles. The van der Waals surface area contributed by atoms with Crippen molar-refractivity contribution < 1.29 is 0 Å². The number of hydrogen-bond acceptors (Lipinski definition) is 2. The zero-order valence-corrected chi connectivity index (χ0v) is 6.60. The van der Waals surface area contributed by atoms with Gasteiger partial charge < -0.3 is 0 Å². The SMILES string of the molecule is CN=C(NNC=N)C(C)C. The molecule has 10 heavy (non-hydrogen) atoms. The average molecular weight is 142 g/mol. The zero-order chi connectivity index (χ0) is 7.98. The Morgan fingerprint density at radius 2 is 2.20 bits per heavy atom. The average Bonchev–Trinajstić information content (AvgIpc) is 1.89. The van der Waals surface area contributed by atoms with Gasteiger partial charge in [-0.05, 0) is 0 Å². The summed E-state index contributed by atoms with van der Waals surface area (Å²) < 4.78 is 0. The monoisotopic (exact) mass is 142 g/mol. The summed E-state index contributed by atoms with van der Waals surface area (Å²) in [6, 6.07) is 0. The minimum Gasteiger partial charge on any atom is -0.290 e. The van der Waals surface area contributed by atoms with Gasteiger partial charge in [-0.2, -0.15) is 0 Å². The fourth-order valence-corrected chi connectivity index (χ4v) is 0.568. The lowest BCUT2D eigenvalue weighted by Crippen LogP contribution is -2.38. The van der Waals surface area contributed by atoms with E-state index in [1.807, 2.05) is 13.8 Å². The Hall–Kier alpha value is -1.06. The van der Waals surface area contributed by atoms with Crippen LogP contribution in [-0.4, -0.2) is 19.2 Å². The molecule has 4 nitrogen and oxygen atoms in total. The Bertz CT molecular complexity index is 128. The Labute approximate surface area is 61.2 Å². The topological polar surface area (TPSA) is 60.3 Å². The van der Waals surface area contributed by atoms with Crippen LogP contribution in [-0.2, 0) is 0 Å². The molecule has 0 spiro atoms. The van der Waals surface area contributed by atoms with Crippen LogP contribution in [0.4, 0.5) is 0 Å². The van der Waals surface area contributed by atoms with Gasteiger partial charge in [0.2, 0.25) is 0 Å². The molecule has 0 bridgehead atoms. The lowest BCUT2D eigenvalue weighted by Gasteiger charge is -2.10. The highest BCUT2D eigenvalue weighted by molar-refractivity contribution is 5.84. The summed E-state index contributed by atoms with van der Waals surface area (Å²) >= 11 is 0. The molecule has 0 radical (unpaired) electrons. The highest BCUT2D eigenvalue weighted by atomic mass is 15.4. The lowest BCUT2D eigenvalue weighted by molar-refractivity contribution is 0.765. The van der Waals surface area contributed by atoms with E-state index >= 15 is 0 Å². The molecule has 0 amide bonds. The largest absolute Gasteiger partial charge is 0.290 e. The molecule has 3 N–H and O–H groups in total. The molecule has 0 aromatic heterocycles. The van der Waals surface area contributed by atoms with Gasteiger partial charge >= 0.3 is 0 Å². The van der Waals surface area contributed by atoms with Crippen molar-refractivity contribution in [3.63, 3.8) is 0 Å². The van der Waals surface area contributed by atoms with Gasteiger partial charge in [0.25, 0.3) is 0 Å². The molecule has 0 heterocycles. The Morgan fingerprint density at radius 3 is 2.50 bits per heavy atom. The second-order valence-corrected chi connectivity index (χ2v) is 2.18. The molecule has 0 saturated carbocycles. The number of hydrazine groups is 1. The molecule has 0 fully saturated rings. The van der Waals surface area contributed by atoms with Crippen molar-refractivity contribution >= 4 is 12.2 Å². The van der Waals surface area contributed by atoms with E-state index in [1.165, 1.54) is 0 Å². The number of rotatable bonds is 3. The third-order valence-electron chi connectivity index (χ3n) is 1.06. The van der Waals surface area contributed by atoms with Crippen molar-refractivity contribution in [3.05, 3.63) is 0 Å². The van der Waals surface area contributed by atoms with E-state index in [0.717, 1.165) is 12.2 Å². The minimum atomic E-state index is 0.359. The fraction of sp³-hybridized carbons (Fsp3) is 0.667. The molecule has 4 heteroatoms. The van der Waals surface area contributed by atoms with E-state index < -0.39 is 0 Å². The van der Waals surface area contributed by atoms with Crippen LogP contribution in [0.3, 0.4) is 0 Å². The lowest BCUT2D eigenvalue weighted by atomic mass is 10.2. The van der Waals surface area contributed by atoms with Crippen LogP contribution in [0.15, 0.2) is 4.99 Å². The first-order valence-electron chi connectivity index (χ1n) is 3.19. The first-order chi connectivity index (χ1) is 4.72. The van der Waals surface area contributed by atoms with Crippen LogP contribution in [0.2, 0.25) is 0 Å². The first kappa shape index (κ1) is 8.94. The van der Waals surface area contributed by atoms with E-state index in [4.69, 9.17) is 5.41 Å². The van der Waals surface area contributed by atoms with E-state index in [2.05, 4.69) is 15.8 Å². The number of aliphatic imine (C=N–C) groups is 1. The minimum absolute atomic E-state index is 0.359. The van der Waals surface area contributed by atoms with Crippen LogP contribution in [0.1, 0.15) is 13.8 Å². The zero-order valence-electron chi connectivity index (χ0n) is 6.60. The second-order valence-electron chi connectivity index (χ2n) is 2.18.